The van der Waals surface area contributed by atoms with Crippen LogP contribution < -0.4 is 0 Å². The molecule has 0 aromatic heterocycles. The number of rotatable bonds is 35. The number of aldehydes is 1. The Labute approximate surface area is 274 Å². The average Bonchev–Trinajstić information content (AvgIpc) is 3.02. The van der Waals surface area contributed by atoms with Crippen molar-refractivity contribution < 1.29 is 19.1 Å². The first-order valence-electron chi connectivity index (χ1n) is 19.5. The molecule has 0 rings (SSSR count). The molecule has 0 radical (unpaired) electrons. The van der Waals surface area contributed by atoms with Crippen LogP contribution in [0.2, 0.25) is 0 Å². The molecule has 1 atom stereocenters. The summed E-state index contributed by atoms with van der Waals surface area (Å²) in [4.78, 5) is 35.4. The van der Waals surface area contributed by atoms with Crippen molar-refractivity contribution in [1.29, 1.82) is 0 Å². The minimum Gasteiger partial charge on any atom is -0.393 e. The fourth-order valence-electron chi connectivity index (χ4n) is 5.98. The van der Waals surface area contributed by atoms with Crippen molar-refractivity contribution in [3.63, 3.8) is 0 Å². The van der Waals surface area contributed by atoms with Crippen molar-refractivity contribution in [2.45, 2.75) is 219 Å². The number of esters is 2. The average molecular weight is 619 g/mol. The van der Waals surface area contributed by atoms with E-state index >= 15 is 0 Å². The summed E-state index contributed by atoms with van der Waals surface area (Å²) in [7, 11) is 0. The van der Waals surface area contributed by atoms with E-state index in [-0.39, 0.29) is 17.9 Å². The van der Waals surface area contributed by atoms with Crippen LogP contribution >= 0.6 is 0 Å². The smallest absolute Gasteiger partial charge is 0.316 e. The van der Waals surface area contributed by atoms with Gasteiger partial charge in [-0.3, -0.25) is 9.59 Å². The molecule has 0 heterocycles. The first kappa shape index (κ1) is 42.6. The molecule has 0 aliphatic carbocycles. The van der Waals surface area contributed by atoms with Crippen LogP contribution in [0.1, 0.15) is 219 Å². The van der Waals surface area contributed by atoms with Gasteiger partial charge in [-0.2, -0.15) is 0 Å². The Morgan fingerprint density at radius 2 is 0.864 bits per heavy atom. The summed E-state index contributed by atoms with van der Waals surface area (Å²) in [6, 6.07) is 0. The summed E-state index contributed by atoms with van der Waals surface area (Å²) in [6.07, 6.45) is 42.8. The van der Waals surface area contributed by atoms with E-state index in [1.54, 1.807) is 0 Å². The molecule has 0 bridgehead atoms. The van der Waals surface area contributed by atoms with Gasteiger partial charge in [-0.15, -0.1) is 0 Å². The summed E-state index contributed by atoms with van der Waals surface area (Å²) < 4.78 is 5.30. The van der Waals surface area contributed by atoms with E-state index in [2.05, 4.69) is 26.0 Å². The molecule has 0 aromatic rings. The molecule has 0 N–H and O–H groups in total. The molecule has 258 valence electrons. The zero-order valence-electron chi connectivity index (χ0n) is 29.6. The summed E-state index contributed by atoms with van der Waals surface area (Å²) in [5.74, 6) is -0.724. The van der Waals surface area contributed by atoms with Gasteiger partial charge in [0, 0.05) is 12.8 Å². The summed E-state index contributed by atoms with van der Waals surface area (Å²) in [5, 5.41) is 0. The fourth-order valence-corrected chi connectivity index (χ4v) is 5.98. The maximum absolute atomic E-state index is 12.7. The van der Waals surface area contributed by atoms with Gasteiger partial charge >= 0.3 is 11.9 Å². The quantitative estimate of drug-likeness (QED) is 0.0233. The van der Waals surface area contributed by atoms with Gasteiger partial charge in [-0.05, 0) is 51.4 Å². The lowest BCUT2D eigenvalue weighted by Gasteiger charge is -2.15. The Hall–Kier alpha value is -1.45. The molecule has 4 heteroatoms. The van der Waals surface area contributed by atoms with Gasteiger partial charge in [0.15, 0.2) is 0 Å². The number of carbonyl (C=O) groups is 3. The molecular formula is C40H74O4. The minimum atomic E-state index is -0.327. The van der Waals surface area contributed by atoms with E-state index in [9.17, 15) is 14.4 Å². The summed E-state index contributed by atoms with van der Waals surface area (Å²) in [5.41, 5.74) is 0. The van der Waals surface area contributed by atoms with Gasteiger partial charge in [-0.1, -0.05) is 167 Å². The fraction of sp³-hybridized carbons (Fsp3) is 0.875. The third kappa shape index (κ3) is 32.0. The topological polar surface area (TPSA) is 60.4 Å². The lowest BCUT2D eigenvalue weighted by Crippen LogP contribution is -2.21. The van der Waals surface area contributed by atoms with E-state index in [4.69, 9.17) is 4.74 Å². The van der Waals surface area contributed by atoms with Crippen molar-refractivity contribution in [3.8, 4) is 0 Å². The molecule has 0 fully saturated rings. The predicted molar refractivity (Wildman–Crippen MR) is 189 cm³/mol. The maximum atomic E-state index is 12.7. The highest BCUT2D eigenvalue weighted by Gasteiger charge is 2.21. The van der Waals surface area contributed by atoms with Crippen LogP contribution in [0, 0.1) is 5.92 Å². The second-order valence-electron chi connectivity index (χ2n) is 13.3. The maximum Gasteiger partial charge on any atom is 0.316 e. The van der Waals surface area contributed by atoms with E-state index in [0.717, 1.165) is 76.9 Å². The van der Waals surface area contributed by atoms with Crippen molar-refractivity contribution in [3.05, 3.63) is 12.2 Å². The largest absolute Gasteiger partial charge is 0.393 e. The van der Waals surface area contributed by atoms with Crippen LogP contribution in [-0.2, 0) is 19.1 Å². The molecule has 44 heavy (non-hydrogen) atoms. The Kier molecular flexibility index (Phi) is 34.8. The van der Waals surface area contributed by atoms with E-state index in [0.29, 0.717) is 6.42 Å². The molecule has 0 saturated heterocycles. The van der Waals surface area contributed by atoms with Crippen LogP contribution in [0.5, 0.6) is 0 Å². The highest BCUT2D eigenvalue weighted by atomic mass is 16.6. The van der Waals surface area contributed by atoms with Crippen molar-refractivity contribution in [2.24, 2.45) is 5.92 Å². The van der Waals surface area contributed by atoms with Gasteiger partial charge < -0.3 is 9.53 Å². The third-order valence-electron chi connectivity index (χ3n) is 8.97. The Bertz CT molecular complexity index is 656. The summed E-state index contributed by atoms with van der Waals surface area (Å²) in [6.45, 7) is 4.41. The van der Waals surface area contributed by atoms with Crippen LogP contribution in [0.4, 0.5) is 0 Å². The molecule has 0 aromatic carbocycles. The molecule has 0 aliphatic rings. The van der Waals surface area contributed by atoms with Crippen LogP contribution in [0.15, 0.2) is 12.2 Å². The number of hydrogen-bond acceptors (Lipinski definition) is 4. The third-order valence-corrected chi connectivity index (χ3v) is 8.97. The Morgan fingerprint density at radius 1 is 0.477 bits per heavy atom. The van der Waals surface area contributed by atoms with Crippen LogP contribution in [0.3, 0.4) is 0 Å². The number of allylic oxidation sites excluding steroid dienone is 2. The summed E-state index contributed by atoms with van der Waals surface area (Å²) >= 11 is 0. The van der Waals surface area contributed by atoms with E-state index < -0.39 is 0 Å². The lowest BCUT2D eigenvalue weighted by atomic mass is 9.95. The van der Waals surface area contributed by atoms with E-state index in [1.807, 2.05) is 0 Å². The highest BCUT2D eigenvalue weighted by molar-refractivity contribution is 5.86. The number of carbonyl (C=O) groups excluding carboxylic acids is 3. The second kappa shape index (κ2) is 36.0. The molecule has 4 nitrogen and oxygen atoms in total. The number of hydrogen-bond donors (Lipinski definition) is 0. The molecule has 0 spiro atoms. The number of unbranched alkanes of at least 4 members (excludes halogenated alkanes) is 25. The minimum absolute atomic E-state index is 0.119. The Morgan fingerprint density at radius 3 is 1.34 bits per heavy atom. The first-order valence-corrected chi connectivity index (χ1v) is 19.5. The van der Waals surface area contributed by atoms with Gasteiger partial charge in [0.25, 0.3) is 0 Å². The van der Waals surface area contributed by atoms with Gasteiger partial charge in [0.2, 0.25) is 0 Å². The van der Waals surface area contributed by atoms with Gasteiger partial charge in [0.05, 0.1) is 5.92 Å². The number of ether oxygens (including phenoxy) is 1. The first-order chi connectivity index (χ1) is 21.7. The van der Waals surface area contributed by atoms with Crippen molar-refractivity contribution in [2.75, 3.05) is 0 Å². The van der Waals surface area contributed by atoms with Crippen molar-refractivity contribution >= 4 is 18.2 Å². The molecule has 1 unspecified atom stereocenters. The zero-order valence-corrected chi connectivity index (χ0v) is 29.6. The predicted octanol–water partition coefficient (Wildman–Crippen LogP) is 13.0. The van der Waals surface area contributed by atoms with Crippen LogP contribution in [0.25, 0.3) is 0 Å². The second-order valence-corrected chi connectivity index (χ2v) is 13.3. The van der Waals surface area contributed by atoms with Gasteiger partial charge in [-0.25, -0.2) is 0 Å². The SMILES string of the molecule is CCCCCCCCC=CCCCCCCCC(=O)OC(=O)C(CCCC)CCCCCCCCCCCCCCCC=O. The Balaban J connectivity index is 3.76. The van der Waals surface area contributed by atoms with E-state index in [1.165, 1.54) is 128 Å². The molecular weight excluding hydrogens is 544 g/mol. The molecule has 0 amide bonds. The van der Waals surface area contributed by atoms with Crippen molar-refractivity contribution in [1.82, 2.24) is 0 Å². The zero-order chi connectivity index (χ0) is 32.2. The lowest BCUT2D eigenvalue weighted by molar-refractivity contribution is -0.163. The highest BCUT2D eigenvalue weighted by Crippen LogP contribution is 2.21. The molecule has 0 aliphatic heterocycles. The normalized spacial score (nSPS) is 12.1. The molecule has 0 saturated carbocycles. The van der Waals surface area contributed by atoms with Gasteiger partial charge in [0.1, 0.15) is 6.29 Å². The standard InChI is InChI=1S/C40H74O4/c1-3-5-7-8-9-10-11-12-13-17-20-23-26-29-32-36-39(42)44-40(43)38(34-6-4-2)35-31-28-25-22-19-16-14-15-18-21-24-27-30-33-37-41/h12-13,37-38H,3-11,14-36H2,1-2H3. The monoisotopic (exact) mass is 619 g/mol. The van der Waals surface area contributed by atoms with Crippen LogP contribution in [-0.4, -0.2) is 18.2 Å².